The quantitative estimate of drug-likeness (QED) is 0.579. The fraction of sp³-hybridized carbons (Fsp3) is 0.647. The summed E-state index contributed by atoms with van der Waals surface area (Å²) in [5.74, 6) is 0.597. The van der Waals surface area contributed by atoms with Crippen molar-refractivity contribution in [3.05, 3.63) is 34.3 Å². The highest BCUT2D eigenvalue weighted by Crippen LogP contribution is 2.16. The predicted molar refractivity (Wildman–Crippen MR) is 91.8 cm³/mol. The Kier molecular flexibility index (Phi) is 10.8. The summed E-state index contributed by atoms with van der Waals surface area (Å²) in [7, 11) is 1.74. The highest BCUT2D eigenvalue weighted by atomic mass is 79.9. The van der Waals surface area contributed by atoms with Gasteiger partial charge in [-0.25, -0.2) is 0 Å². The Labute approximate surface area is 137 Å². The van der Waals surface area contributed by atoms with E-state index in [0.717, 1.165) is 56.6 Å². The van der Waals surface area contributed by atoms with E-state index in [9.17, 15) is 0 Å². The molecular weight excluding hydrogens is 330 g/mol. The van der Waals surface area contributed by atoms with Crippen LogP contribution >= 0.6 is 15.9 Å². The molecule has 120 valence electrons. The normalized spacial score (nSPS) is 12.5. The van der Waals surface area contributed by atoms with Gasteiger partial charge in [0, 0.05) is 31.3 Å². The molecule has 1 N–H and O–H groups in total. The van der Waals surface area contributed by atoms with Crippen LogP contribution in [0.2, 0.25) is 0 Å². The van der Waals surface area contributed by atoms with Gasteiger partial charge in [-0.1, -0.05) is 35.0 Å². The highest BCUT2D eigenvalue weighted by molar-refractivity contribution is 9.10. The van der Waals surface area contributed by atoms with E-state index in [-0.39, 0.29) is 0 Å². The monoisotopic (exact) mass is 357 g/mol. The molecule has 0 fully saturated rings. The summed E-state index contributed by atoms with van der Waals surface area (Å²) in [6, 6.07) is 8.61. The van der Waals surface area contributed by atoms with Crippen molar-refractivity contribution in [3.63, 3.8) is 0 Å². The van der Waals surface area contributed by atoms with E-state index in [1.807, 2.05) is 0 Å². The fourth-order valence-electron chi connectivity index (χ4n) is 2.21. The lowest BCUT2D eigenvalue weighted by molar-refractivity contribution is 0.119. The van der Waals surface area contributed by atoms with E-state index in [4.69, 9.17) is 9.47 Å². The van der Waals surface area contributed by atoms with Gasteiger partial charge in [-0.05, 0) is 49.4 Å². The molecule has 1 aromatic rings. The number of rotatable bonds is 12. The molecule has 1 atom stereocenters. The van der Waals surface area contributed by atoms with Crippen molar-refractivity contribution in [2.24, 2.45) is 5.92 Å². The molecule has 0 amide bonds. The first kappa shape index (κ1) is 18.6. The Balaban J connectivity index is 2.39. The van der Waals surface area contributed by atoms with E-state index in [2.05, 4.69) is 52.4 Å². The molecule has 1 unspecified atom stereocenters. The van der Waals surface area contributed by atoms with Crippen LogP contribution in [0.3, 0.4) is 0 Å². The van der Waals surface area contributed by atoms with Gasteiger partial charge >= 0.3 is 0 Å². The second kappa shape index (κ2) is 12.2. The average Bonchev–Trinajstić information content (AvgIpc) is 2.50. The third-order valence-corrected chi connectivity index (χ3v) is 3.90. The smallest absolute Gasteiger partial charge is 0.0587 e. The van der Waals surface area contributed by atoms with Gasteiger partial charge in [0.05, 0.1) is 6.61 Å². The SMILES string of the molecule is CCCOCCC(CNCCOC)Cc1ccc(Br)cc1. The van der Waals surface area contributed by atoms with Crippen LogP contribution < -0.4 is 5.32 Å². The minimum absolute atomic E-state index is 0.597. The Morgan fingerprint density at radius 2 is 1.90 bits per heavy atom. The third-order valence-electron chi connectivity index (χ3n) is 3.37. The topological polar surface area (TPSA) is 30.5 Å². The minimum atomic E-state index is 0.597. The molecule has 0 aliphatic rings. The second-order valence-electron chi connectivity index (χ2n) is 5.29. The zero-order valence-corrected chi connectivity index (χ0v) is 14.8. The molecule has 0 saturated heterocycles. The minimum Gasteiger partial charge on any atom is -0.383 e. The highest BCUT2D eigenvalue weighted by Gasteiger charge is 2.10. The predicted octanol–water partition coefficient (Wildman–Crippen LogP) is 3.66. The summed E-state index contributed by atoms with van der Waals surface area (Å²) in [5.41, 5.74) is 1.38. The van der Waals surface area contributed by atoms with E-state index in [1.165, 1.54) is 5.56 Å². The Hall–Kier alpha value is -0.420. The summed E-state index contributed by atoms with van der Waals surface area (Å²) in [5, 5.41) is 3.47. The first-order valence-electron chi connectivity index (χ1n) is 7.78. The van der Waals surface area contributed by atoms with Crippen molar-refractivity contribution in [2.45, 2.75) is 26.2 Å². The van der Waals surface area contributed by atoms with Crippen LogP contribution in [-0.4, -0.2) is 40.0 Å². The van der Waals surface area contributed by atoms with Gasteiger partial charge in [-0.2, -0.15) is 0 Å². The van der Waals surface area contributed by atoms with Crippen molar-refractivity contribution in [1.82, 2.24) is 5.32 Å². The molecule has 1 rings (SSSR count). The summed E-state index contributed by atoms with van der Waals surface area (Å²) in [6.45, 7) is 6.53. The van der Waals surface area contributed by atoms with Gasteiger partial charge in [-0.3, -0.25) is 0 Å². The van der Waals surface area contributed by atoms with Crippen LogP contribution in [0.5, 0.6) is 0 Å². The molecule has 0 aliphatic heterocycles. The standard InChI is InChI=1S/C17H28BrNO2/c1-3-10-21-11-8-16(14-19-9-12-20-2)13-15-4-6-17(18)7-5-15/h4-7,16,19H,3,8-14H2,1-2H3. The fourth-order valence-corrected chi connectivity index (χ4v) is 2.47. The van der Waals surface area contributed by atoms with Crippen molar-refractivity contribution in [3.8, 4) is 0 Å². The van der Waals surface area contributed by atoms with Gasteiger partial charge in [-0.15, -0.1) is 0 Å². The maximum Gasteiger partial charge on any atom is 0.0587 e. The maximum absolute atomic E-state index is 5.64. The Morgan fingerprint density at radius 3 is 2.57 bits per heavy atom. The number of halogens is 1. The number of hydrogen-bond acceptors (Lipinski definition) is 3. The summed E-state index contributed by atoms with van der Waals surface area (Å²) in [4.78, 5) is 0. The Morgan fingerprint density at radius 1 is 1.14 bits per heavy atom. The molecule has 0 aliphatic carbocycles. The average molecular weight is 358 g/mol. The summed E-state index contributed by atoms with van der Waals surface area (Å²) >= 11 is 3.48. The molecule has 0 saturated carbocycles. The zero-order chi connectivity index (χ0) is 15.3. The van der Waals surface area contributed by atoms with Crippen molar-refractivity contribution in [1.29, 1.82) is 0 Å². The van der Waals surface area contributed by atoms with E-state index >= 15 is 0 Å². The maximum atomic E-state index is 5.64. The molecule has 21 heavy (non-hydrogen) atoms. The number of methoxy groups -OCH3 is 1. The van der Waals surface area contributed by atoms with Gasteiger partial charge in [0.2, 0.25) is 0 Å². The molecule has 3 nitrogen and oxygen atoms in total. The lowest BCUT2D eigenvalue weighted by Crippen LogP contribution is -2.28. The first-order valence-corrected chi connectivity index (χ1v) is 8.57. The van der Waals surface area contributed by atoms with Crippen LogP contribution in [0, 0.1) is 5.92 Å². The van der Waals surface area contributed by atoms with Gasteiger partial charge in [0.15, 0.2) is 0 Å². The van der Waals surface area contributed by atoms with Gasteiger partial charge < -0.3 is 14.8 Å². The lowest BCUT2D eigenvalue weighted by Gasteiger charge is -2.18. The molecule has 0 bridgehead atoms. The molecule has 4 heteroatoms. The Bertz CT molecular complexity index is 344. The summed E-state index contributed by atoms with van der Waals surface area (Å²) in [6.07, 6.45) is 3.27. The van der Waals surface area contributed by atoms with Gasteiger partial charge in [0.25, 0.3) is 0 Å². The number of ether oxygens (including phenoxy) is 2. The van der Waals surface area contributed by atoms with Crippen molar-refractivity contribution < 1.29 is 9.47 Å². The molecule has 0 spiro atoms. The van der Waals surface area contributed by atoms with Crippen molar-refractivity contribution in [2.75, 3.05) is 40.0 Å². The zero-order valence-electron chi connectivity index (χ0n) is 13.2. The van der Waals surface area contributed by atoms with E-state index in [0.29, 0.717) is 5.92 Å². The van der Waals surface area contributed by atoms with Crippen LogP contribution in [-0.2, 0) is 15.9 Å². The summed E-state index contributed by atoms with van der Waals surface area (Å²) < 4.78 is 11.8. The number of hydrogen-bond donors (Lipinski definition) is 1. The lowest BCUT2D eigenvalue weighted by atomic mass is 9.96. The van der Waals surface area contributed by atoms with E-state index < -0.39 is 0 Å². The van der Waals surface area contributed by atoms with E-state index in [1.54, 1.807) is 7.11 Å². The molecule has 0 aromatic heterocycles. The van der Waals surface area contributed by atoms with Crippen LogP contribution in [0.4, 0.5) is 0 Å². The number of nitrogens with one attached hydrogen (secondary N) is 1. The molecule has 0 heterocycles. The molecular formula is C17H28BrNO2. The van der Waals surface area contributed by atoms with Gasteiger partial charge in [0.1, 0.15) is 0 Å². The molecule has 0 radical (unpaired) electrons. The molecule has 1 aromatic carbocycles. The van der Waals surface area contributed by atoms with Crippen molar-refractivity contribution >= 4 is 15.9 Å². The number of benzene rings is 1. The second-order valence-corrected chi connectivity index (χ2v) is 6.21. The van der Waals surface area contributed by atoms with Crippen LogP contribution in [0.25, 0.3) is 0 Å². The third kappa shape index (κ3) is 9.25. The largest absolute Gasteiger partial charge is 0.383 e. The first-order chi connectivity index (χ1) is 10.3. The van der Waals surface area contributed by atoms with Crippen LogP contribution in [0.15, 0.2) is 28.7 Å². The van der Waals surface area contributed by atoms with Crippen LogP contribution in [0.1, 0.15) is 25.3 Å².